The summed E-state index contributed by atoms with van der Waals surface area (Å²) in [7, 11) is 0. The molecule has 2 aliphatic rings. The summed E-state index contributed by atoms with van der Waals surface area (Å²) in [6.07, 6.45) is 0.304. The molecule has 0 aromatic heterocycles. The lowest BCUT2D eigenvalue weighted by Crippen LogP contribution is -2.54. The van der Waals surface area contributed by atoms with Crippen LogP contribution >= 0.6 is 0 Å². The average molecular weight is 304 g/mol. The minimum atomic E-state index is -0.903. The molecule has 6 heteroatoms. The number of fused-ring (bicyclic) bond motifs is 1. The van der Waals surface area contributed by atoms with Crippen LogP contribution in [0.25, 0.3) is 0 Å². The van der Waals surface area contributed by atoms with E-state index in [0.717, 1.165) is 4.90 Å². The molecular weight excluding hydrogens is 284 g/mol. The van der Waals surface area contributed by atoms with E-state index < -0.39 is 23.8 Å². The van der Waals surface area contributed by atoms with Crippen LogP contribution in [-0.2, 0) is 9.59 Å². The van der Waals surface area contributed by atoms with Gasteiger partial charge in [-0.05, 0) is 25.0 Å². The molecule has 1 saturated heterocycles. The third kappa shape index (κ3) is 2.41. The van der Waals surface area contributed by atoms with Crippen LogP contribution in [0.4, 0.5) is 0 Å². The Bertz CT molecular complexity index is 672. The summed E-state index contributed by atoms with van der Waals surface area (Å²) in [5.74, 6) is -1.90. The van der Waals surface area contributed by atoms with E-state index in [2.05, 4.69) is 5.32 Å². The molecule has 1 N–H and O–H groups in total. The van der Waals surface area contributed by atoms with Crippen molar-refractivity contribution in [2.24, 2.45) is 0 Å². The van der Waals surface area contributed by atoms with E-state index in [1.807, 2.05) is 13.8 Å². The number of aryl methyl sites for hydroxylation is 1. The van der Waals surface area contributed by atoms with Gasteiger partial charge in [-0.15, -0.1) is 0 Å². The number of carbonyl (C=O) groups is 4. The lowest BCUT2D eigenvalue weighted by molar-refractivity contribution is -0.136. The summed E-state index contributed by atoms with van der Waals surface area (Å²) in [5.41, 5.74) is 1.37. The van der Waals surface area contributed by atoms with Gasteiger partial charge >= 0.3 is 0 Å². The Labute approximate surface area is 130 Å². The third-order valence-corrected chi connectivity index (χ3v) is 3.68. The molecule has 2 aliphatic heterocycles. The van der Waals surface area contributed by atoms with Crippen LogP contribution in [0.5, 0.6) is 0 Å². The highest BCUT2D eigenvalue weighted by molar-refractivity contribution is 6.24. The highest BCUT2D eigenvalue weighted by Crippen LogP contribution is 2.29. The average Bonchev–Trinajstić information content (AvgIpc) is 2.75. The fourth-order valence-corrected chi connectivity index (χ4v) is 2.68. The van der Waals surface area contributed by atoms with E-state index in [1.165, 1.54) is 0 Å². The van der Waals surface area contributed by atoms with Crippen LogP contribution in [-0.4, -0.2) is 34.6 Å². The standard InChI is InChI=1S/C14H12N2O4.C2H6.H2/c1-7-3-2-4-8-11(7)14(20)16(13(8)19)9-5-6-10(17)15-12(9)18;1-2;/h2-4,9H,5-6H2,1H3,(H,15,17,18);1-2H3;1H. The number of carbonyl (C=O) groups excluding carboxylic acids is 4. The van der Waals surface area contributed by atoms with E-state index in [0.29, 0.717) is 16.7 Å². The van der Waals surface area contributed by atoms with Crippen molar-refractivity contribution in [3.05, 3.63) is 34.9 Å². The first-order chi connectivity index (χ1) is 10.5. The van der Waals surface area contributed by atoms with Crippen molar-refractivity contribution < 1.29 is 20.6 Å². The van der Waals surface area contributed by atoms with Gasteiger partial charge in [0.1, 0.15) is 6.04 Å². The quantitative estimate of drug-likeness (QED) is 0.800. The van der Waals surface area contributed by atoms with Crippen molar-refractivity contribution in [3.8, 4) is 0 Å². The first-order valence-corrected chi connectivity index (χ1v) is 7.32. The topological polar surface area (TPSA) is 83.6 Å². The number of imide groups is 2. The number of rotatable bonds is 1. The molecule has 0 bridgehead atoms. The van der Waals surface area contributed by atoms with E-state index >= 15 is 0 Å². The summed E-state index contributed by atoms with van der Waals surface area (Å²) in [4.78, 5) is 48.7. The number of benzene rings is 1. The Balaban J connectivity index is 0.000000849. The van der Waals surface area contributed by atoms with Gasteiger partial charge in [0.2, 0.25) is 11.8 Å². The number of nitrogens with one attached hydrogen (secondary N) is 1. The van der Waals surface area contributed by atoms with Crippen molar-refractivity contribution in [2.45, 2.75) is 39.7 Å². The summed E-state index contributed by atoms with van der Waals surface area (Å²) < 4.78 is 0. The monoisotopic (exact) mass is 304 g/mol. The minimum absolute atomic E-state index is 0. The van der Waals surface area contributed by atoms with E-state index in [1.54, 1.807) is 25.1 Å². The SMILES string of the molecule is CC.Cc1cccc2c1C(=O)N(C1CCC(=O)NC1=O)C2=O.[HH]. The lowest BCUT2D eigenvalue weighted by atomic mass is 10.0. The minimum Gasteiger partial charge on any atom is -0.295 e. The maximum Gasteiger partial charge on any atom is 0.262 e. The molecule has 4 amide bonds. The molecule has 1 aromatic carbocycles. The molecule has 3 rings (SSSR count). The Kier molecular flexibility index (Phi) is 4.40. The van der Waals surface area contributed by atoms with Crippen molar-refractivity contribution in [1.29, 1.82) is 0 Å². The van der Waals surface area contributed by atoms with Crippen LogP contribution in [0.2, 0.25) is 0 Å². The van der Waals surface area contributed by atoms with Crippen LogP contribution in [0, 0.1) is 6.92 Å². The first-order valence-electron chi connectivity index (χ1n) is 7.32. The second kappa shape index (κ2) is 6.09. The number of amides is 4. The van der Waals surface area contributed by atoms with Crippen molar-refractivity contribution in [3.63, 3.8) is 0 Å². The molecule has 1 unspecified atom stereocenters. The van der Waals surface area contributed by atoms with Gasteiger partial charge in [0.05, 0.1) is 11.1 Å². The van der Waals surface area contributed by atoms with Crippen molar-refractivity contribution in [2.75, 3.05) is 0 Å². The maximum absolute atomic E-state index is 12.4. The Hall–Kier alpha value is -2.50. The van der Waals surface area contributed by atoms with Crippen LogP contribution in [0.3, 0.4) is 0 Å². The molecular formula is C16H20N2O4. The third-order valence-electron chi connectivity index (χ3n) is 3.68. The van der Waals surface area contributed by atoms with E-state index in [4.69, 9.17) is 0 Å². The normalized spacial score (nSPS) is 20.3. The van der Waals surface area contributed by atoms with Gasteiger partial charge in [-0.1, -0.05) is 26.0 Å². The summed E-state index contributed by atoms with van der Waals surface area (Å²) in [6.45, 7) is 5.75. The molecule has 6 nitrogen and oxygen atoms in total. The zero-order chi connectivity index (χ0) is 16.4. The molecule has 0 spiro atoms. The van der Waals surface area contributed by atoms with Crippen LogP contribution in [0.1, 0.15) is 54.4 Å². The van der Waals surface area contributed by atoms with E-state index in [-0.39, 0.29) is 20.2 Å². The number of nitrogens with zero attached hydrogens (tertiary/aromatic N) is 1. The molecule has 2 heterocycles. The molecule has 1 aromatic rings. The molecule has 22 heavy (non-hydrogen) atoms. The fourth-order valence-electron chi connectivity index (χ4n) is 2.68. The zero-order valence-electron chi connectivity index (χ0n) is 12.8. The van der Waals surface area contributed by atoms with Gasteiger partial charge in [-0.25, -0.2) is 0 Å². The van der Waals surface area contributed by atoms with E-state index in [9.17, 15) is 19.2 Å². The first kappa shape index (κ1) is 15.9. The second-order valence-electron chi connectivity index (χ2n) is 4.94. The number of piperidine rings is 1. The van der Waals surface area contributed by atoms with Gasteiger partial charge < -0.3 is 0 Å². The maximum atomic E-state index is 12.4. The molecule has 0 radical (unpaired) electrons. The van der Waals surface area contributed by atoms with Crippen LogP contribution in [0.15, 0.2) is 18.2 Å². The van der Waals surface area contributed by atoms with Gasteiger partial charge in [-0.2, -0.15) is 0 Å². The van der Waals surface area contributed by atoms with Gasteiger partial charge in [0.25, 0.3) is 11.8 Å². The largest absolute Gasteiger partial charge is 0.295 e. The predicted molar refractivity (Wildman–Crippen MR) is 81.3 cm³/mol. The molecule has 1 fully saturated rings. The van der Waals surface area contributed by atoms with Gasteiger partial charge in [0, 0.05) is 7.85 Å². The highest BCUT2D eigenvalue weighted by atomic mass is 16.2. The molecule has 118 valence electrons. The Morgan fingerprint density at radius 1 is 1.14 bits per heavy atom. The van der Waals surface area contributed by atoms with Crippen molar-refractivity contribution in [1.82, 2.24) is 10.2 Å². The predicted octanol–water partition coefficient (Wildman–Crippen LogP) is 1.67. The van der Waals surface area contributed by atoms with Crippen molar-refractivity contribution >= 4 is 23.6 Å². The number of hydrogen-bond acceptors (Lipinski definition) is 4. The zero-order valence-corrected chi connectivity index (χ0v) is 12.8. The summed E-state index contributed by atoms with van der Waals surface area (Å²) in [5, 5.41) is 2.16. The van der Waals surface area contributed by atoms with Gasteiger partial charge in [0.15, 0.2) is 0 Å². The van der Waals surface area contributed by atoms with Crippen LogP contribution < -0.4 is 5.32 Å². The summed E-state index contributed by atoms with van der Waals surface area (Å²) in [6, 6.07) is 4.12. The lowest BCUT2D eigenvalue weighted by Gasteiger charge is -2.27. The highest BCUT2D eigenvalue weighted by Gasteiger charge is 2.44. The second-order valence-corrected chi connectivity index (χ2v) is 4.94. The molecule has 1 atom stereocenters. The fraction of sp³-hybridized carbons (Fsp3) is 0.375. The van der Waals surface area contributed by atoms with Gasteiger partial charge in [-0.3, -0.25) is 29.4 Å². The number of hydrogen-bond donors (Lipinski definition) is 1. The summed E-state index contributed by atoms with van der Waals surface area (Å²) >= 11 is 0. The Morgan fingerprint density at radius 2 is 1.82 bits per heavy atom. The molecule has 0 saturated carbocycles. The molecule has 0 aliphatic carbocycles. The smallest absolute Gasteiger partial charge is 0.262 e. The Morgan fingerprint density at radius 3 is 2.41 bits per heavy atom.